The molecule has 12 heteroatoms. The molecule has 3 atom stereocenters. The molecule has 4 heterocycles. The monoisotopic (exact) mass is 502 g/mol. The van der Waals surface area contributed by atoms with Gasteiger partial charge in [0.25, 0.3) is 11.8 Å². The van der Waals surface area contributed by atoms with Gasteiger partial charge in [-0.25, -0.2) is 13.6 Å². The molecule has 0 radical (unpaired) electrons. The SMILES string of the molecule is Cc1cc(F)c(CNC(=O)c2cn3c(c(O)c2=O)C(=O)N2C[C@@H]3[C@@]3(CC[C@@H]2C)CNC(=O)O3)c(F)c1. The van der Waals surface area contributed by atoms with Crippen LogP contribution in [0.5, 0.6) is 5.75 Å². The van der Waals surface area contributed by atoms with Crippen molar-refractivity contribution in [3.05, 3.63) is 62.6 Å². The molecule has 0 unspecified atom stereocenters. The zero-order valence-corrected chi connectivity index (χ0v) is 19.6. The second kappa shape index (κ2) is 8.32. The van der Waals surface area contributed by atoms with Crippen LogP contribution in [-0.2, 0) is 11.3 Å². The molecule has 190 valence electrons. The first kappa shape index (κ1) is 23.8. The quantitative estimate of drug-likeness (QED) is 0.586. The van der Waals surface area contributed by atoms with Gasteiger partial charge in [0.05, 0.1) is 12.6 Å². The molecule has 2 bridgehead atoms. The van der Waals surface area contributed by atoms with Crippen LogP contribution in [-0.4, -0.2) is 57.2 Å². The molecule has 10 nitrogen and oxygen atoms in total. The number of pyridine rings is 1. The molecule has 2 saturated heterocycles. The lowest BCUT2D eigenvalue weighted by atomic mass is 9.88. The van der Waals surface area contributed by atoms with Crippen LogP contribution in [0.3, 0.4) is 0 Å². The number of aromatic nitrogens is 1. The van der Waals surface area contributed by atoms with Crippen LogP contribution in [0.1, 0.15) is 57.8 Å². The van der Waals surface area contributed by atoms with Crippen molar-refractivity contribution in [2.45, 2.75) is 50.9 Å². The Kier molecular flexibility index (Phi) is 5.49. The van der Waals surface area contributed by atoms with Gasteiger partial charge in [0, 0.05) is 30.9 Å². The number of halogens is 2. The second-order valence-corrected chi connectivity index (χ2v) is 9.54. The van der Waals surface area contributed by atoms with E-state index in [1.807, 2.05) is 6.92 Å². The molecule has 0 saturated carbocycles. The average Bonchev–Trinajstić information content (AvgIpc) is 3.14. The number of aryl methyl sites for hydroxylation is 1. The Hall–Kier alpha value is -3.96. The van der Waals surface area contributed by atoms with Crippen LogP contribution >= 0.6 is 0 Å². The van der Waals surface area contributed by atoms with Crippen molar-refractivity contribution < 1.29 is 33.0 Å². The molecule has 2 fully saturated rings. The second-order valence-electron chi connectivity index (χ2n) is 9.54. The highest BCUT2D eigenvalue weighted by atomic mass is 19.1. The number of amides is 3. The number of aromatic hydroxyl groups is 1. The summed E-state index contributed by atoms with van der Waals surface area (Å²) >= 11 is 0. The number of nitrogens with one attached hydrogen (secondary N) is 2. The Morgan fingerprint density at radius 1 is 1.28 bits per heavy atom. The molecule has 36 heavy (non-hydrogen) atoms. The molecule has 3 amide bonds. The van der Waals surface area contributed by atoms with Gasteiger partial charge in [0.15, 0.2) is 17.0 Å². The van der Waals surface area contributed by atoms with Gasteiger partial charge in [-0.1, -0.05) is 0 Å². The van der Waals surface area contributed by atoms with Crippen LogP contribution in [0.4, 0.5) is 13.6 Å². The molecule has 1 aromatic heterocycles. The lowest BCUT2D eigenvalue weighted by Gasteiger charge is -2.41. The number of hydrogen-bond acceptors (Lipinski definition) is 6. The van der Waals surface area contributed by atoms with Crippen molar-refractivity contribution in [1.29, 1.82) is 0 Å². The van der Waals surface area contributed by atoms with Crippen LogP contribution in [0.25, 0.3) is 0 Å². The van der Waals surface area contributed by atoms with Crippen molar-refractivity contribution in [3.8, 4) is 5.75 Å². The van der Waals surface area contributed by atoms with Crippen LogP contribution in [0.2, 0.25) is 0 Å². The molecule has 3 aliphatic heterocycles. The fraction of sp³-hybridized carbons (Fsp3) is 0.417. The largest absolute Gasteiger partial charge is 0.503 e. The zero-order chi connectivity index (χ0) is 25.9. The fourth-order valence-electron chi connectivity index (χ4n) is 5.27. The lowest BCUT2D eigenvalue weighted by Crippen LogP contribution is -2.53. The third-order valence-corrected chi connectivity index (χ3v) is 7.29. The van der Waals surface area contributed by atoms with Crippen molar-refractivity contribution in [2.75, 3.05) is 13.1 Å². The van der Waals surface area contributed by atoms with Crippen molar-refractivity contribution in [3.63, 3.8) is 0 Å². The maximum atomic E-state index is 14.2. The topological polar surface area (TPSA) is 130 Å². The summed E-state index contributed by atoms with van der Waals surface area (Å²) in [5.41, 5.74) is -3.01. The Balaban J connectivity index is 1.55. The number of nitrogens with zero attached hydrogens (tertiary/aromatic N) is 2. The number of carbonyl (C=O) groups excluding carboxylic acids is 3. The number of fused-ring (bicyclic) bond motifs is 5. The van der Waals surface area contributed by atoms with Gasteiger partial charge in [-0.15, -0.1) is 0 Å². The standard InChI is InChI=1S/C24H24F2N4O6/c1-11-5-15(25)13(16(26)6-11)7-27-21(33)14-8-30-17-9-29(22(34)18(30)20(32)19(14)31)12(2)3-4-24(17)10-28-23(35)36-24/h5-6,8,12,17,32H,3-4,7,9-10H2,1-2H3,(H,27,33)(H,28,35)/t12-,17+,24+/m0/s1. The Bertz CT molecular complexity index is 1350. The van der Waals surface area contributed by atoms with Crippen molar-refractivity contribution >= 4 is 17.9 Å². The van der Waals surface area contributed by atoms with E-state index in [-0.39, 0.29) is 30.4 Å². The first-order chi connectivity index (χ1) is 17.0. The van der Waals surface area contributed by atoms with Gasteiger partial charge in [-0.3, -0.25) is 14.4 Å². The van der Waals surface area contributed by atoms with E-state index in [0.717, 1.165) is 18.3 Å². The highest BCUT2D eigenvalue weighted by Crippen LogP contribution is 2.43. The Morgan fingerprint density at radius 2 is 1.97 bits per heavy atom. The maximum absolute atomic E-state index is 14.2. The van der Waals surface area contributed by atoms with E-state index in [4.69, 9.17) is 4.74 Å². The molecule has 0 aliphatic carbocycles. The molecule has 1 spiro atoms. The number of benzene rings is 1. The number of rotatable bonds is 3. The summed E-state index contributed by atoms with van der Waals surface area (Å²) in [5, 5.41) is 15.7. The minimum absolute atomic E-state index is 0.130. The number of carbonyl (C=O) groups is 3. The minimum atomic E-state index is -1.10. The summed E-state index contributed by atoms with van der Waals surface area (Å²) in [4.78, 5) is 52.6. The highest BCUT2D eigenvalue weighted by molar-refractivity contribution is 5.99. The summed E-state index contributed by atoms with van der Waals surface area (Å²) in [6, 6.07) is 1.29. The first-order valence-corrected chi connectivity index (χ1v) is 11.5. The van der Waals surface area contributed by atoms with Gasteiger partial charge in [0.1, 0.15) is 17.2 Å². The van der Waals surface area contributed by atoms with Gasteiger partial charge >= 0.3 is 6.09 Å². The smallest absolute Gasteiger partial charge is 0.407 e. The normalized spacial score (nSPS) is 24.7. The fourth-order valence-corrected chi connectivity index (χ4v) is 5.27. The lowest BCUT2D eigenvalue weighted by molar-refractivity contribution is -0.00198. The van der Waals surface area contributed by atoms with Crippen molar-refractivity contribution in [2.24, 2.45) is 0 Å². The van der Waals surface area contributed by atoms with E-state index in [1.165, 1.54) is 16.4 Å². The van der Waals surface area contributed by atoms with E-state index in [1.54, 1.807) is 0 Å². The van der Waals surface area contributed by atoms with E-state index in [9.17, 15) is 33.1 Å². The van der Waals surface area contributed by atoms with E-state index in [2.05, 4.69) is 10.6 Å². The summed E-state index contributed by atoms with van der Waals surface area (Å²) in [7, 11) is 0. The molecule has 2 aromatic rings. The third kappa shape index (κ3) is 3.59. The molecule has 3 N–H and O–H groups in total. The van der Waals surface area contributed by atoms with Gasteiger partial charge < -0.3 is 29.9 Å². The summed E-state index contributed by atoms with van der Waals surface area (Å²) in [6.45, 7) is 3.08. The zero-order valence-electron chi connectivity index (χ0n) is 19.6. The first-order valence-electron chi connectivity index (χ1n) is 11.5. The van der Waals surface area contributed by atoms with Crippen LogP contribution in [0, 0.1) is 18.6 Å². The van der Waals surface area contributed by atoms with E-state index < -0.39 is 64.5 Å². The third-order valence-electron chi connectivity index (χ3n) is 7.29. The molecular formula is C24H24F2N4O6. The predicted octanol–water partition coefficient (Wildman–Crippen LogP) is 1.73. The average molecular weight is 502 g/mol. The molecular weight excluding hydrogens is 478 g/mol. The maximum Gasteiger partial charge on any atom is 0.407 e. The van der Waals surface area contributed by atoms with E-state index >= 15 is 0 Å². The minimum Gasteiger partial charge on any atom is -0.503 e. The number of hydrogen-bond donors (Lipinski definition) is 3. The highest BCUT2D eigenvalue weighted by Gasteiger charge is 2.54. The summed E-state index contributed by atoms with van der Waals surface area (Å²) in [6.07, 6.45) is 1.43. The molecule has 3 aliphatic rings. The molecule has 5 rings (SSSR count). The predicted molar refractivity (Wildman–Crippen MR) is 121 cm³/mol. The Morgan fingerprint density at radius 3 is 2.61 bits per heavy atom. The van der Waals surface area contributed by atoms with Gasteiger partial charge in [0.2, 0.25) is 5.43 Å². The van der Waals surface area contributed by atoms with Crippen molar-refractivity contribution in [1.82, 2.24) is 20.1 Å². The molecule has 1 aromatic carbocycles. The summed E-state index contributed by atoms with van der Waals surface area (Å²) < 4.78 is 35.4. The Labute approximate surface area is 203 Å². The van der Waals surface area contributed by atoms with Gasteiger partial charge in [-0.2, -0.15) is 0 Å². The summed E-state index contributed by atoms with van der Waals surface area (Å²) in [5.74, 6) is -4.20. The van der Waals surface area contributed by atoms with Crippen LogP contribution < -0.4 is 16.1 Å². The van der Waals surface area contributed by atoms with Crippen LogP contribution in [0.15, 0.2) is 23.1 Å². The number of ether oxygens (including phenoxy) is 1. The van der Waals surface area contributed by atoms with Gasteiger partial charge in [-0.05, 0) is 44.4 Å². The van der Waals surface area contributed by atoms with E-state index in [0.29, 0.717) is 18.4 Å². The number of alkyl carbamates (subject to hydrolysis) is 1.